The molecule has 3 heteroatoms. The fourth-order valence-corrected chi connectivity index (χ4v) is 0.951. The van der Waals surface area contributed by atoms with Crippen molar-refractivity contribution in [2.45, 2.75) is 20.8 Å². The van der Waals surface area contributed by atoms with Crippen molar-refractivity contribution >= 4 is 5.57 Å². The highest BCUT2D eigenvalue weighted by Gasteiger charge is 2.05. The summed E-state index contributed by atoms with van der Waals surface area (Å²) in [6.45, 7) is 9.48. The van der Waals surface area contributed by atoms with Gasteiger partial charge in [-0.05, 0) is 26.8 Å². The number of hydrogen-bond donors (Lipinski definition) is 0. The third kappa shape index (κ3) is 2.42. The van der Waals surface area contributed by atoms with Gasteiger partial charge in [0.1, 0.15) is 0 Å². The van der Waals surface area contributed by atoms with E-state index in [0.717, 1.165) is 11.1 Å². The van der Waals surface area contributed by atoms with Crippen LogP contribution in [0, 0.1) is 6.92 Å². The Balaban J connectivity index is 3.04. The van der Waals surface area contributed by atoms with Crippen LogP contribution in [0.3, 0.4) is 0 Å². The number of allylic oxidation sites excluding steroid dienone is 5. The molecule has 1 rings (SSSR count). The fourth-order valence-electron chi connectivity index (χ4n) is 0.951. The van der Waals surface area contributed by atoms with Gasteiger partial charge in [-0.1, -0.05) is 29.5 Å². The van der Waals surface area contributed by atoms with Crippen LogP contribution in [0.2, 0.25) is 0 Å². The molecular formula is C11H14N2O. The highest BCUT2D eigenvalue weighted by atomic mass is 16.5. The van der Waals surface area contributed by atoms with Crippen molar-refractivity contribution in [3.8, 4) is 0 Å². The van der Waals surface area contributed by atoms with Gasteiger partial charge >= 0.3 is 0 Å². The smallest absolute Gasteiger partial charge is 0.257 e. The Morgan fingerprint density at radius 3 is 2.64 bits per heavy atom. The van der Waals surface area contributed by atoms with E-state index >= 15 is 0 Å². The number of nitrogens with zero attached hydrogens (tertiary/aromatic N) is 2. The Labute approximate surface area is 83.8 Å². The van der Waals surface area contributed by atoms with Gasteiger partial charge in [0.15, 0.2) is 5.82 Å². The van der Waals surface area contributed by atoms with Gasteiger partial charge in [-0.15, -0.1) is 0 Å². The van der Waals surface area contributed by atoms with Crippen LogP contribution in [0.5, 0.6) is 0 Å². The minimum atomic E-state index is 0.513. The van der Waals surface area contributed by atoms with Gasteiger partial charge in [-0.3, -0.25) is 0 Å². The number of aryl methyl sites for hydroxylation is 1. The minimum Gasteiger partial charge on any atom is -0.334 e. The average molecular weight is 190 g/mol. The van der Waals surface area contributed by atoms with Gasteiger partial charge in [0, 0.05) is 5.57 Å². The zero-order chi connectivity index (χ0) is 10.6. The van der Waals surface area contributed by atoms with Crippen molar-refractivity contribution in [2.75, 3.05) is 0 Å². The summed E-state index contributed by atoms with van der Waals surface area (Å²) in [5, 5.41) is 3.72. The Morgan fingerprint density at radius 2 is 2.21 bits per heavy atom. The summed E-state index contributed by atoms with van der Waals surface area (Å²) >= 11 is 0. The zero-order valence-corrected chi connectivity index (χ0v) is 8.74. The van der Waals surface area contributed by atoms with E-state index < -0.39 is 0 Å². The maximum Gasteiger partial charge on any atom is 0.257 e. The Morgan fingerprint density at radius 1 is 1.50 bits per heavy atom. The van der Waals surface area contributed by atoms with Crippen LogP contribution in [0.25, 0.3) is 5.57 Å². The van der Waals surface area contributed by atoms with Gasteiger partial charge in [-0.2, -0.15) is 4.98 Å². The maximum absolute atomic E-state index is 5.03. The van der Waals surface area contributed by atoms with Crippen molar-refractivity contribution in [2.24, 2.45) is 0 Å². The molecule has 0 aliphatic heterocycles. The van der Waals surface area contributed by atoms with E-state index in [0.29, 0.717) is 11.7 Å². The second-order valence-electron chi connectivity index (χ2n) is 2.98. The molecule has 0 atom stereocenters. The van der Waals surface area contributed by atoms with Gasteiger partial charge in [0.05, 0.1) is 0 Å². The first-order valence-electron chi connectivity index (χ1n) is 4.45. The summed E-state index contributed by atoms with van der Waals surface area (Å²) in [7, 11) is 0. The van der Waals surface area contributed by atoms with Crippen molar-refractivity contribution in [1.82, 2.24) is 10.1 Å². The Hall–Kier alpha value is -1.64. The van der Waals surface area contributed by atoms with Crippen molar-refractivity contribution in [1.29, 1.82) is 0 Å². The summed E-state index contributed by atoms with van der Waals surface area (Å²) < 4.78 is 5.03. The molecule has 74 valence electrons. The van der Waals surface area contributed by atoms with E-state index in [1.807, 2.05) is 26.0 Å². The molecule has 0 amide bonds. The molecule has 1 aromatic heterocycles. The van der Waals surface area contributed by atoms with Crippen LogP contribution in [-0.4, -0.2) is 10.1 Å². The molecule has 0 saturated carbocycles. The third-order valence-corrected chi connectivity index (χ3v) is 1.83. The third-order valence-electron chi connectivity index (χ3n) is 1.83. The van der Waals surface area contributed by atoms with E-state index in [1.165, 1.54) is 0 Å². The molecule has 0 aromatic carbocycles. The second-order valence-corrected chi connectivity index (χ2v) is 2.98. The van der Waals surface area contributed by atoms with Crippen molar-refractivity contribution in [3.05, 3.63) is 42.1 Å². The summed E-state index contributed by atoms with van der Waals surface area (Å²) in [6, 6.07) is 0. The second kappa shape index (κ2) is 4.56. The summed E-state index contributed by atoms with van der Waals surface area (Å²) in [6.07, 6.45) is 5.67. The molecule has 0 saturated heterocycles. The number of hydrogen-bond acceptors (Lipinski definition) is 3. The molecule has 1 aromatic rings. The van der Waals surface area contributed by atoms with Gasteiger partial charge < -0.3 is 4.52 Å². The lowest BCUT2D eigenvalue weighted by atomic mass is 10.1. The summed E-state index contributed by atoms with van der Waals surface area (Å²) in [5.74, 6) is 1.14. The first-order valence-corrected chi connectivity index (χ1v) is 4.45. The largest absolute Gasteiger partial charge is 0.334 e. The molecule has 0 unspecified atom stereocenters. The van der Waals surface area contributed by atoms with E-state index in [2.05, 4.69) is 16.7 Å². The lowest BCUT2D eigenvalue weighted by Gasteiger charge is -1.94. The van der Waals surface area contributed by atoms with Crippen LogP contribution >= 0.6 is 0 Å². The number of aromatic nitrogens is 2. The van der Waals surface area contributed by atoms with E-state index in [1.54, 1.807) is 13.0 Å². The molecule has 1 heterocycles. The molecule has 0 fully saturated rings. The molecule has 0 aliphatic carbocycles. The van der Waals surface area contributed by atoms with E-state index in [4.69, 9.17) is 4.52 Å². The molecule has 14 heavy (non-hydrogen) atoms. The fraction of sp³-hybridized carbons (Fsp3) is 0.273. The van der Waals surface area contributed by atoms with Gasteiger partial charge in [0.2, 0.25) is 0 Å². The zero-order valence-electron chi connectivity index (χ0n) is 8.74. The van der Waals surface area contributed by atoms with Crippen molar-refractivity contribution < 1.29 is 4.52 Å². The SMILES string of the molecule is C=C/C(=C\C(C)=C/C)c1nc(C)no1. The topological polar surface area (TPSA) is 38.9 Å². The molecule has 0 spiro atoms. The predicted molar refractivity (Wildman–Crippen MR) is 56.6 cm³/mol. The molecule has 0 bridgehead atoms. The highest BCUT2D eigenvalue weighted by molar-refractivity contribution is 5.70. The van der Waals surface area contributed by atoms with Gasteiger partial charge in [0.25, 0.3) is 5.89 Å². The first kappa shape index (κ1) is 10.4. The summed E-state index contributed by atoms with van der Waals surface area (Å²) in [5.41, 5.74) is 1.98. The maximum atomic E-state index is 5.03. The van der Waals surface area contributed by atoms with Crippen LogP contribution in [-0.2, 0) is 0 Å². The van der Waals surface area contributed by atoms with Crippen LogP contribution < -0.4 is 0 Å². The molecule has 0 aliphatic rings. The standard InChI is InChI=1S/C11H14N2O/c1-5-8(3)7-10(6-2)11-12-9(4)13-14-11/h5-7H,2H2,1,3-4H3/b8-5-,10-7+. The van der Waals surface area contributed by atoms with E-state index in [9.17, 15) is 0 Å². The van der Waals surface area contributed by atoms with Crippen LogP contribution in [0.1, 0.15) is 25.6 Å². The molecule has 3 nitrogen and oxygen atoms in total. The molecule has 0 N–H and O–H groups in total. The lowest BCUT2D eigenvalue weighted by molar-refractivity contribution is 0.403. The van der Waals surface area contributed by atoms with Gasteiger partial charge in [-0.25, -0.2) is 0 Å². The lowest BCUT2D eigenvalue weighted by Crippen LogP contribution is -1.82. The number of rotatable bonds is 3. The minimum absolute atomic E-state index is 0.513. The van der Waals surface area contributed by atoms with E-state index in [-0.39, 0.29) is 0 Å². The van der Waals surface area contributed by atoms with Crippen LogP contribution in [0.15, 0.2) is 34.9 Å². The highest BCUT2D eigenvalue weighted by Crippen LogP contribution is 2.15. The average Bonchev–Trinajstić information content (AvgIpc) is 2.60. The Bertz CT molecular complexity index is 386. The Kier molecular flexibility index (Phi) is 3.40. The van der Waals surface area contributed by atoms with Crippen molar-refractivity contribution in [3.63, 3.8) is 0 Å². The quantitative estimate of drug-likeness (QED) is 0.688. The molecule has 0 radical (unpaired) electrons. The normalized spacial score (nSPS) is 13.1. The van der Waals surface area contributed by atoms with Crippen LogP contribution in [0.4, 0.5) is 0 Å². The monoisotopic (exact) mass is 190 g/mol. The summed E-state index contributed by atoms with van der Waals surface area (Å²) in [4.78, 5) is 4.12. The predicted octanol–water partition coefficient (Wildman–Crippen LogP) is 2.91. The molecular weight excluding hydrogens is 176 g/mol. The first-order chi connectivity index (χ1) is 6.67.